The van der Waals surface area contributed by atoms with Crippen LogP contribution in [-0.4, -0.2) is 33.8 Å². The number of anilines is 2. The molecular formula is C30H34N2O7. The molecule has 0 fully saturated rings. The molecule has 9 heteroatoms. The van der Waals surface area contributed by atoms with Crippen LogP contribution in [0.4, 0.5) is 11.4 Å². The number of ether oxygens (including phenoxy) is 1. The number of Topliss-reactive ketones (excluding diaryl/α,β-unsaturated/α-hetero) is 1. The number of hydrogen-bond acceptors (Lipinski definition) is 6. The minimum absolute atomic E-state index is 0.243. The van der Waals surface area contributed by atoms with Gasteiger partial charge in [-0.2, -0.15) is 0 Å². The molecule has 0 bridgehead atoms. The molecule has 5 N–H and O–H groups in total. The molecule has 0 atom stereocenters. The highest BCUT2D eigenvalue weighted by molar-refractivity contribution is 6.15. The Labute approximate surface area is 227 Å². The number of ketones is 1. The van der Waals surface area contributed by atoms with E-state index >= 15 is 0 Å². The maximum atomic E-state index is 13.0. The number of carbonyl (C=O) groups is 4. The first kappa shape index (κ1) is 30.6. The summed E-state index contributed by atoms with van der Waals surface area (Å²) in [5, 5.41) is 21.7. The van der Waals surface area contributed by atoms with E-state index < -0.39 is 40.2 Å². The van der Waals surface area contributed by atoms with Gasteiger partial charge in [-0.15, -0.1) is 0 Å². The Morgan fingerprint density at radius 3 is 1.59 bits per heavy atom. The van der Waals surface area contributed by atoms with E-state index in [4.69, 9.17) is 10.5 Å². The summed E-state index contributed by atoms with van der Waals surface area (Å²) in [6.07, 6.45) is 0. The van der Waals surface area contributed by atoms with Gasteiger partial charge in [0, 0.05) is 22.4 Å². The number of nitrogen functional groups attached to an aromatic ring is 1. The van der Waals surface area contributed by atoms with Crippen LogP contribution in [0.5, 0.6) is 11.5 Å². The van der Waals surface area contributed by atoms with Gasteiger partial charge >= 0.3 is 11.9 Å². The third-order valence-corrected chi connectivity index (χ3v) is 5.02. The number of carboxylic acid groups (broad SMARTS) is 2. The highest BCUT2D eigenvalue weighted by Crippen LogP contribution is 2.28. The zero-order chi connectivity index (χ0) is 29.5. The first-order chi connectivity index (χ1) is 18.1. The normalized spacial score (nSPS) is 10.7. The molecule has 0 radical (unpaired) electrons. The number of carbonyl (C=O) groups excluding carboxylic acids is 2. The van der Waals surface area contributed by atoms with E-state index in [1.165, 1.54) is 0 Å². The molecule has 0 aromatic heterocycles. The van der Waals surface area contributed by atoms with Crippen molar-refractivity contribution >= 4 is 35.0 Å². The highest BCUT2D eigenvalue weighted by atomic mass is 16.5. The van der Waals surface area contributed by atoms with Gasteiger partial charge in [0.15, 0.2) is 5.78 Å². The van der Waals surface area contributed by atoms with Crippen LogP contribution in [0.1, 0.15) is 83.0 Å². The Morgan fingerprint density at radius 2 is 1.15 bits per heavy atom. The summed E-state index contributed by atoms with van der Waals surface area (Å²) in [6.45, 7) is 11.3. The Morgan fingerprint density at radius 1 is 0.744 bits per heavy atom. The molecule has 1 amide bonds. The van der Waals surface area contributed by atoms with Crippen LogP contribution in [0, 0.1) is 11.3 Å². The molecule has 0 heterocycles. The quantitative estimate of drug-likeness (QED) is 0.195. The van der Waals surface area contributed by atoms with Gasteiger partial charge in [0.1, 0.15) is 11.5 Å². The summed E-state index contributed by atoms with van der Waals surface area (Å²) < 4.78 is 5.70. The van der Waals surface area contributed by atoms with E-state index in [9.17, 15) is 29.4 Å². The average Bonchev–Trinajstić information content (AvgIpc) is 2.84. The Bertz CT molecular complexity index is 1350. The lowest BCUT2D eigenvalue weighted by molar-refractivity contribution is 0.0685. The topological polar surface area (TPSA) is 156 Å². The lowest BCUT2D eigenvalue weighted by Gasteiger charge is -2.19. The Kier molecular flexibility index (Phi) is 9.97. The maximum absolute atomic E-state index is 13.0. The summed E-state index contributed by atoms with van der Waals surface area (Å²) >= 11 is 0. The second-order valence-electron chi connectivity index (χ2n) is 10.5. The average molecular weight is 535 g/mol. The van der Waals surface area contributed by atoms with Gasteiger partial charge in [0.2, 0.25) is 0 Å². The summed E-state index contributed by atoms with van der Waals surface area (Å²) in [5.41, 5.74) is 4.03. The first-order valence-electron chi connectivity index (χ1n) is 12.2. The van der Waals surface area contributed by atoms with Gasteiger partial charge in [0.25, 0.3) is 5.91 Å². The fourth-order valence-corrected chi connectivity index (χ4v) is 3.21. The van der Waals surface area contributed by atoms with Crippen molar-refractivity contribution in [3.63, 3.8) is 0 Å². The van der Waals surface area contributed by atoms with Crippen molar-refractivity contribution in [2.24, 2.45) is 11.3 Å². The van der Waals surface area contributed by atoms with Gasteiger partial charge < -0.3 is 26.0 Å². The number of amides is 1. The number of rotatable bonds is 7. The van der Waals surface area contributed by atoms with Crippen molar-refractivity contribution in [1.82, 2.24) is 0 Å². The summed E-state index contributed by atoms with van der Waals surface area (Å²) in [5.74, 6) is -2.43. The maximum Gasteiger partial charge on any atom is 0.336 e. The summed E-state index contributed by atoms with van der Waals surface area (Å²) in [6, 6.07) is 15.0. The van der Waals surface area contributed by atoms with Gasteiger partial charge in [-0.1, -0.05) is 41.5 Å². The molecule has 0 aliphatic heterocycles. The molecule has 0 aliphatic carbocycles. The fourth-order valence-electron chi connectivity index (χ4n) is 3.21. The van der Waals surface area contributed by atoms with E-state index in [-0.39, 0.29) is 11.1 Å². The second kappa shape index (κ2) is 12.7. The van der Waals surface area contributed by atoms with Crippen LogP contribution in [-0.2, 0) is 0 Å². The van der Waals surface area contributed by atoms with Crippen molar-refractivity contribution in [2.75, 3.05) is 11.1 Å². The molecular weight excluding hydrogens is 500 g/mol. The van der Waals surface area contributed by atoms with Gasteiger partial charge in [-0.25, -0.2) is 9.59 Å². The minimum atomic E-state index is -1.50. The molecule has 3 rings (SSSR count). The zero-order valence-electron chi connectivity index (χ0n) is 22.9. The minimum Gasteiger partial charge on any atom is -0.478 e. The standard InChI is InChI=1S/C26H24N2O7.C4H10/c1-26(2,3)22(29)18-12-19(21(25(33)34)13-20(18)24(31)32)23(30)28-15-6-10-17(11-7-15)35-16-8-4-14(27)5-9-16;1-4(2)3/h4-13H,27H2,1-3H3,(H,28,30)(H,31,32)(H,33,34);4H,1-3H3. The van der Waals surface area contributed by atoms with E-state index in [0.29, 0.717) is 22.9 Å². The van der Waals surface area contributed by atoms with Crippen LogP contribution >= 0.6 is 0 Å². The van der Waals surface area contributed by atoms with Crippen molar-refractivity contribution < 1.29 is 34.1 Å². The Balaban J connectivity index is 0.00000124. The SMILES string of the molecule is CC(C)(C)C(=O)c1cc(C(=O)Nc2ccc(Oc3ccc(N)cc3)cc2)c(C(=O)O)cc1C(=O)O.CC(C)C. The number of hydrogen-bond donors (Lipinski definition) is 4. The molecule has 3 aromatic carbocycles. The fraction of sp³-hybridized carbons (Fsp3) is 0.267. The second-order valence-corrected chi connectivity index (χ2v) is 10.5. The first-order valence-corrected chi connectivity index (χ1v) is 12.2. The summed E-state index contributed by atoms with van der Waals surface area (Å²) in [7, 11) is 0. The van der Waals surface area contributed by atoms with Crippen LogP contribution in [0.25, 0.3) is 0 Å². The van der Waals surface area contributed by atoms with Crippen molar-refractivity contribution in [1.29, 1.82) is 0 Å². The predicted molar refractivity (Wildman–Crippen MR) is 150 cm³/mol. The van der Waals surface area contributed by atoms with E-state index in [0.717, 1.165) is 18.1 Å². The van der Waals surface area contributed by atoms with Crippen molar-refractivity contribution in [3.05, 3.63) is 82.9 Å². The monoisotopic (exact) mass is 534 g/mol. The van der Waals surface area contributed by atoms with Crippen LogP contribution in [0.3, 0.4) is 0 Å². The molecule has 9 nitrogen and oxygen atoms in total. The van der Waals surface area contributed by atoms with Crippen LogP contribution in [0.15, 0.2) is 60.7 Å². The Hall–Kier alpha value is -4.66. The molecule has 206 valence electrons. The third-order valence-electron chi connectivity index (χ3n) is 5.02. The van der Waals surface area contributed by atoms with Crippen molar-refractivity contribution in [2.45, 2.75) is 41.5 Å². The van der Waals surface area contributed by atoms with Crippen LogP contribution < -0.4 is 15.8 Å². The van der Waals surface area contributed by atoms with Crippen LogP contribution in [0.2, 0.25) is 0 Å². The number of carboxylic acids is 2. The number of aromatic carboxylic acids is 2. The lowest BCUT2D eigenvalue weighted by atomic mass is 9.83. The highest BCUT2D eigenvalue weighted by Gasteiger charge is 2.30. The third kappa shape index (κ3) is 8.70. The van der Waals surface area contributed by atoms with Gasteiger partial charge in [-0.05, 0) is 66.6 Å². The molecule has 0 unspecified atom stereocenters. The van der Waals surface area contributed by atoms with E-state index in [1.807, 2.05) is 0 Å². The molecule has 39 heavy (non-hydrogen) atoms. The molecule has 3 aromatic rings. The summed E-state index contributed by atoms with van der Waals surface area (Å²) in [4.78, 5) is 49.3. The molecule has 0 saturated heterocycles. The number of nitrogens with two attached hydrogens (primary N) is 1. The number of benzene rings is 3. The van der Waals surface area contributed by atoms with E-state index in [1.54, 1.807) is 69.3 Å². The van der Waals surface area contributed by atoms with Gasteiger partial charge in [-0.3, -0.25) is 9.59 Å². The number of nitrogens with one attached hydrogen (secondary N) is 1. The lowest BCUT2D eigenvalue weighted by Crippen LogP contribution is -2.25. The molecule has 0 saturated carbocycles. The van der Waals surface area contributed by atoms with E-state index in [2.05, 4.69) is 26.1 Å². The van der Waals surface area contributed by atoms with Gasteiger partial charge in [0.05, 0.1) is 16.7 Å². The largest absolute Gasteiger partial charge is 0.478 e. The smallest absolute Gasteiger partial charge is 0.336 e. The van der Waals surface area contributed by atoms with Crippen molar-refractivity contribution in [3.8, 4) is 11.5 Å². The predicted octanol–water partition coefficient (Wildman–Crippen LogP) is 6.60. The molecule has 0 aliphatic rings. The zero-order valence-corrected chi connectivity index (χ0v) is 22.9. The molecule has 0 spiro atoms.